The van der Waals surface area contributed by atoms with Gasteiger partial charge in [0.15, 0.2) is 9.84 Å². The van der Waals surface area contributed by atoms with Crippen molar-refractivity contribution < 1.29 is 13.2 Å². The van der Waals surface area contributed by atoms with Crippen molar-refractivity contribution in [2.75, 3.05) is 18.1 Å². The summed E-state index contributed by atoms with van der Waals surface area (Å²) in [5.74, 6) is 1.14. The first-order chi connectivity index (χ1) is 9.52. The maximum Gasteiger partial charge on any atom is 0.223 e. The fourth-order valence-corrected chi connectivity index (χ4v) is 5.17. The molecule has 2 aliphatic rings. The minimum Gasteiger partial charge on any atom is -0.339 e. The number of amides is 1. The monoisotopic (exact) mass is 301 g/mol. The predicted octanol–water partition coefficient (Wildman–Crippen LogP) is 2.38. The van der Waals surface area contributed by atoms with Gasteiger partial charge in [-0.3, -0.25) is 4.79 Å². The lowest BCUT2D eigenvalue weighted by Crippen LogP contribution is -2.42. The van der Waals surface area contributed by atoms with Gasteiger partial charge in [-0.25, -0.2) is 8.42 Å². The van der Waals surface area contributed by atoms with E-state index in [0.29, 0.717) is 18.8 Å². The lowest BCUT2D eigenvalue weighted by atomic mass is 10.0. The summed E-state index contributed by atoms with van der Waals surface area (Å²) in [6.07, 6.45) is 8.06. The van der Waals surface area contributed by atoms with Crippen molar-refractivity contribution >= 4 is 15.7 Å². The molecular weight excluding hydrogens is 274 g/mol. The zero-order valence-corrected chi connectivity index (χ0v) is 13.3. The molecule has 1 atom stereocenters. The van der Waals surface area contributed by atoms with E-state index in [2.05, 4.69) is 6.92 Å². The van der Waals surface area contributed by atoms with Gasteiger partial charge in [0.2, 0.25) is 5.91 Å². The molecule has 0 aromatic heterocycles. The molecule has 5 heteroatoms. The summed E-state index contributed by atoms with van der Waals surface area (Å²) in [5, 5.41) is 0. The van der Waals surface area contributed by atoms with Crippen LogP contribution in [-0.2, 0) is 14.6 Å². The van der Waals surface area contributed by atoms with Gasteiger partial charge in [0.05, 0.1) is 11.5 Å². The van der Waals surface area contributed by atoms with Crippen molar-refractivity contribution in [1.29, 1.82) is 0 Å². The van der Waals surface area contributed by atoms with Crippen molar-refractivity contribution in [2.24, 2.45) is 5.92 Å². The Hall–Kier alpha value is -0.580. The largest absolute Gasteiger partial charge is 0.339 e. The van der Waals surface area contributed by atoms with Gasteiger partial charge >= 0.3 is 0 Å². The fraction of sp³-hybridized carbons (Fsp3) is 0.933. The Morgan fingerprint density at radius 1 is 1.20 bits per heavy atom. The number of nitrogens with zero attached hydrogens (tertiary/aromatic N) is 1. The van der Waals surface area contributed by atoms with Gasteiger partial charge in [0, 0.05) is 19.0 Å². The Kier molecular flexibility index (Phi) is 5.47. The lowest BCUT2D eigenvalue weighted by molar-refractivity contribution is -0.134. The second-order valence-electron chi connectivity index (χ2n) is 6.35. The van der Waals surface area contributed by atoms with Gasteiger partial charge in [-0.15, -0.1) is 0 Å². The highest BCUT2D eigenvalue weighted by molar-refractivity contribution is 7.91. The fourth-order valence-electron chi connectivity index (χ4n) is 3.44. The minimum absolute atomic E-state index is 0.0690. The van der Waals surface area contributed by atoms with E-state index in [1.54, 1.807) is 0 Å². The summed E-state index contributed by atoms with van der Waals surface area (Å²) in [6.45, 7) is 2.83. The zero-order valence-electron chi connectivity index (χ0n) is 12.5. The molecule has 4 nitrogen and oxygen atoms in total. The van der Waals surface area contributed by atoms with E-state index in [4.69, 9.17) is 0 Å². The second kappa shape index (κ2) is 6.92. The van der Waals surface area contributed by atoms with Gasteiger partial charge in [0.1, 0.15) is 0 Å². The Morgan fingerprint density at radius 3 is 2.45 bits per heavy atom. The van der Waals surface area contributed by atoms with Crippen LogP contribution in [-0.4, -0.2) is 43.3 Å². The van der Waals surface area contributed by atoms with Gasteiger partial charge in [-0.05, 0) is 31.6 Å². The van der Waals surface area contributed by atoms with Crippen LogP contribution in [0.3, 0.4) is 0 Å². The number of sulfone groups is 1. The molecule has 0 radical (unpaired) electrons. The van der Waals surface area contributed by atoms with Crippen molar-refractivity contribution in [1.82, 2.24) is 4.90 Å². The molecule has 1 unspecified atom stereocenters. The van der Waals surface area contributed by atoms with Crippen LogP contribution in [0.2, 0.25) is 0 Å². The first-order valence-corrected chi connectivity index (χ1v) is 9.84. The average Bonchev–Trinajstić information content (AvgIpc) is 3.00. The topological polar surface area (TPSA) is 54.5 Å². The van der Waals surface area contributed by atoms with Crippen molar-refractivity contribution in [3.8, 4) is 0 Å². The highest BCUT2D eigenvalue weighted by Crippen LogP contribution is 2.29. The Balaban J connectivity index is 1.96. The molecule has 0 aromatic carbocycles. The molecule has 1 aliphatic heterocycles. The standard InChI is InChI=1S/C15H27NO3S/c1-2-3-9-16(14-8-10-20(18,19)12-14)15(17)11-13-6-4-5-7-13/h13-14H,2-12H2,1H3. The third kappa shape index (κ3) is 4.21. The SMILES string of the molecule is CCCCN(C(=O)CC1CCCC1)C1CCS(=O)(=O)C1. The van der Waals surface area contributed by atoms with Crippen LogP contribution < -0.4 is 0 Å². The summed E-state index contributed by atoms with van der Waals surface area (Å²) in [4.78, 5) is 14.4. The molecule has 20 heavy (non-hydrogen) atoms. The summed E-state index contributed by atoms with van der Waals surface area (Å²) >= 11 is 0. The van der Waals surface area contributed by atoms with E-state index in [1.807, 2.05) is 4.90 Å². The van der Waals surface area contributed by atoms with Crippen LogP contribution >= 0.6 is 0 Å². The number of hydrogen-bond acceptors (Lipinski definition) is 3. The highest BCUT2D eigenvalue weighted by atomic mass is 32.2. The first-order valence-electron chi connectivity index (χ1n) is 8.01. The molecule has 1 saturated heterocycles. The molecule has 0 N–H and O–H groups in total. The number of hydrogen-bond donors (Lipinski definition) is 0. The molecular formula is C15H27NO3S. The number of rotatable bonds is 6. The highest BCUT2D eigenvalue weighted by Gasteiger charge is 2.35. The van der Waals surface area contributed by atoms with Crippen LogP contribution in [0.25, 0.3) is 0 Å². The van der Waals surface area contributed by atoms with Gasteiger partial charge in [-0.2, -0.15) is 0 Å². The maximum atomic E-state index is 12.5. The van der Waals surface area contributed by atoms with Crippen molar-refractivity contribution in [3.63, 3.8) is 0 Å². The number of carbonyl (C=O) groups excluding carboxylic acids is 1. The summed E-state index contributed by atoms with van der Waals surface area (Å²) in [6, 6.07) is -0.0690. The maximum absolute atomic E-state index is 12.5. The zero-order chi connectivity index (χ0) is 14.6. The van der Waals surface area contributed by atoms with Crippen molar-refractivity contribution in [3.05, 3.63) is 0 Å². The Morgan fingerprint density at radius 2 is 1.90 bits per heavy atom. The second-order valence-corrected chi connectivity index (χ2v) is 8.58. The quantitative estimate of drug-likeness (QED) is 0.757. The predicted molar refractivity (Wildman–Crippen MR) is 80.3 cm³/mol. The van der Waals surface area contributed by atoms with E-state index < -0.39 is 9.84 Å². The molecule has 116 valence electrons. The average molecular weight is 301 g/mol. The molecule has 2 rings (SSSR count). The first kappa shape index (κ1) is 15.8. The Bertz CT molecular complexity index is 426. The molecule has 1 heterocycles. The summed E-state index contributed by atoms with van der Waals surface area (Å²) in [5.41, 5.74) is 0. The van der Waals surface area contributed by atoms with E-state index in [-0.39, 0.29) is 23.5 Å². The van der Waals surface area contributed by atoms with Gasteiger partial charge in [-0.1, -0.05) is 26.2 Å². The molecule has 2 fully saturated rings. The van der Waals surface area contributed by atoms with E-state index in [0.717, 1.165) is 32.2 Å². The smallest absolute Gasteiger partial charge is 0.223 e. The third-order valence-electron chi connectivity index (χ3n) is 4.66. The molecule has 1 amide bonds. The molecule has 1 aliphatic carbocycles. The van der Waals surface area contributed by atoms with Crippen molar-refractivity contribution in [2.45, 2.75) is 64.3 Å². The van der Waals surface area contributed by atoms with Crippen LogP contribution in [0.15, 0.2) is 0 Å². The Labute approximate surface area is 122 Å². The summed E-state index contributed by atoms with van der Waals surface area (Å²) < 4.78 is 23.3. The molecule has 0 aromatic rings. The molecule has 0 bridgehead atoms. The van der Waals surface area contributed by atoms with Crippen LogP contribution in [0.5, 0.6) is 0 Å². The normalized spacial score (nSPS) is 25.9. The third-order valence-corrected chi connectivity index (χ3v) is 6.41. The van der Waals surface area contributed by atoms with Gasteiger partial charge in [0.25, 0.3) is 0 Å². The van der Waals surface area contributed by atoms with E-state index in [1.165, 1.54) is 12.8 Å². The summed E-state index contributed by atoms with van der Waals surface area (Å²) in [7, 11) is -2.92. The van der Waals surface area contributed by atoms with E-state index in [9.17, 15) is 13.2 Å². The minimum atomic E-state index is -2.92. The van der Waals surface area contributed by atoms with E-state index >= 15 is 0 Å². The molecule has 1 saturated carbocycles. The van der Waals surface area contributed by atoms with Crippen LogP contribution in [0.4, 0.5) is 0 Å². The molecule has 0 spiro atoms. The van der Waals surface area contributed by atoms with Crippen LogP contribution in [0.1, 0.15) is 58.3 Å². The van der Waals surface area contributed by atoms with Crippen LogP contribution in [0, 0.1) is 5.92 Å². The van der Waals surface area contributed by atoms with Gasteiger partial charge < -0.3 is 4.90 Å². The number of carbonyl (C=O) groups is 1. The number of unbranched alkanes of at least 4 members (excludes halogenated alkanes) is 1. The lowest BCUT2D eigenvalue weighted by Gasteiger charge is -2.29.